The lowest BCUT2D eigenvalue weighted by Crippen LogP contribution is -2.12. The van der Waals surface area contributed by atoms with Gasteiger partial charge < -0.3 is 14.2 Å². The molecule has 0 atom stereocenters. The van der Waals surface area contributed by atoms with Crippen molar-refractivity contribution in [1.82, 2.24) is 0 Å². The van der Waals surface area contributed by atoms with E-state index >= 15 is 0 Å². The number of ketones is 1. The maximum atomic E-state index is 12.1. The first-order valence-electron chi connectivity index (χ1n) is 6.67. The molecule has 0 saturated heterocycles. The molecule has 2 aromatic rings. The highest BCUT2D eigenvalue weighted by Crippen LogP contribution is 2.31. The molecule has 0 aliphatic carbocycles. The number of benzene rings is 2. The van der Waals surface area contributed by atoms with Crippen LogP contribution in [-0.4, -0.2) is 31.5 Å². The molecule has 7 heteroatoms. The van der Waals surface area contributed by atoms with Crippen molar-refractivity contribution in [2.75, 3.05) is 20.8 Å². The number of hydrogen-bond acceptors (Lipinski definition) is 6. The molecule has 0 N–H and O–H groups in total. The number of carbonyl (C=O) groups is 1. The summed E-state index contributed by atoms with van der Waals surface area (Å²) in [5.41, 5.74) is 0.313. The zero-order valence-corrected chi connectivity index (χ0v) is 12.6. The van der Waals surface area contributed by atoms with Gasteiger partial charge >= 0.3 is 0 Å². The summed E-state index contributed by atoms with van der Waals surface area (Å²) in [6.07, 6.45) is 0. The number of methoxy groups -OCH3 is 2. The average molecular weight is 317 g/mol. The number of hydrogen-bond donors (Lipinski definition) is 0. The molecule has 0 aromatic heterocycles. The van der Waals surface area contributed by atoms with Gasteiger partial charge in [-0.2, -0.15) is 0 Å². The Morgan fingerprint density at radius 1 is 1.04 bits per heavy atom. The first-order valence-corrected chi connectivity index (χ1v) is 6.67. The lowest BCUT2D eigenvalue weighted by atomic mass is 10.1. The first-order chi connectivity index (χ1) is 11.0. The molecule has 0 radical (unpaired) electrons. The summed E-state index contributed by atoms with van der Waals surface area (Å²) in [7, 11) is 2.95. The zero-order chi connectivity index (χ0) is 16.8. The van der Waals surface area contributed by atoms with Crippen molar-refractivity contribution in [3.05, 3.63) is 58.1 Å². The number of nitrogens with zero attached hydrogens (tertiary/aromatic N) is 1. The monoisotopic (exact) mass is 317 g/mol. The predicted octanol–water partition coefficient (Wildman–Crippen LogP) is 2.87. The lowest BCUT2D eigenvalue weighted by Gasteiger charge is -2.10. The van der Waals surface area contributed by atoms with Crippen LogP contribution in [0, 0.1) is 10.1 Å². The summed E-state index contributed by atoms with van der Waals surface area (Å²) in [6, 6.07) is 10.5. The highest BCUT2D eigenvalue weighted by atomic mass is 16.6. The molecular weight excluding hydrogens is 302 g/mol. The molecular formula is C16H15NO6. The van der Waals surface area contributed by atoms with E-state index in [1.165, 1.54) is 32.4 Å². The van der Waals surface area contributed by atoms with Gasteiger partial charge in [0.25, 0.3) is 5.69 Å². The van der Waals surface area contributed by atoms with E-state index in [0.29, 0.717) is 17.1 Å². The fourth-order valence-electron chi connectivity index (χ4n) is 1.90. The molecule has 7 nitrogen and oxygen atoms in total. The van der Waals surface area contributed by atoms with Crippen LogP contribution in [0.2, 0.25) is 0 Å². The smallest absolute Gasteiger partial charge is 0.273 e. The van der Waals surface area contributed by atoms with E-state index < -0.39 is 4.92 Å². The number of non-ortho nitro benzene ring substituents is 1. The van der Waals surface area contributed by atoms with Crippen LogP contribution in [0.25, 0.3) is 0 Å². The molecule has 0 aliphatic rings. The second-order valence-electron chi connectivity index (χ2n) is 4.53. The maximum absolute atomic E-state index is 12.1. The van der Waals surface area contributed by atoms with Crippen molar-refractivity contribution >= 4 is 11.5 Å². The van der Waals surface area contributed by atoms with Crippen LogP contribution >= 0.6 is 0 Å². The minimum atomic E-state index is -0.544. The number of ether oxygens (including phenoxy) is 3. The number of nitro groups is 1. The molecule has 0 amide bonds. The van der Waals surface area contributed by atoms with Crippen LogP contribution in [0.4, 0.5) is 5.69 Å². The zero-order valence-electron chi connectivity index (χ0n) is 12.6. The van der Waals surface area contributed by atoms with E-state index in [0.717, 1.165) is 0 Å². The normalized spacial score (nSPS) is 10.0. The van der Waals surface area contributed by atoms with Gasteiger partial charge in [-0.25, -0.2) is 0 Å². The van der Waals surface area contributed by atoms with Crippen LogP contribution < -0.4 is 14.2 Å². The van der Waals surface area contributed by atoms with Crippen molar-refractivity contribution in [3.63, 3.8) is 0 Å². The standard InChI is InChI=1S/C16H15NO6/c1-21-13-6-3-11(4-7-13)14(18)10-23-16-9-12(17(19)20)5-8-15(16)22-2/h3-9H,10H2,1-2H3. The third kappa shape index (κ3) is 3.97. The van der Waals surface area contributed by atoms with Gasteiger partial charge in [-0.3, -0.25) is 14.9 Å². The summed E-state index contributed by atoms with van der Waals surface area (Å²) in [5, 5.41) is 10.8. The molecule has 0 fully saturated rings. The van der Waals surface area contributed by atoms with Gasteiger partial charge in [0, 0.05) is 11.6 Å². The number of nitro benzene ring substituents is 1. The fraction of sp³-hybridized carbons (Fsp3) is 0.188. The van der Waals surface area contributed by atoms with Gasteiger partial charge in [-0.1, -0.05) is 0 Å². The minimum Gasteiger partial charge on any atom is -0.497 e. The van der Waals surface area contributed by atoms with Crippen LogP contribution in [-0.2, 0) is 0 Å². The Morgan fingerprint density at radius 3 is 2.30 bits per heavy atom. The van der Waals surface area contributed by atoms with Crippen LogP contribution in [0.15, 0.2) is 42.5 Å². The number of Topliss-reactive ketones (excluding diaryl/α,β-unsaturated/α-hetero) is 1. The summed E-state index contributed by atoms with van der Waals surface area (Å²) < 4.78 is 15.5. The summed E-state index contributed by atoms with van der Waals surface area (Å²) in [6.45, 7) is -0.260. The highest BCUT2D eigenvalue weighted by Gasteiger charge is 2.14. The maximum Gasteiger partial charge on any atom is 0.273 e. The van der Waals surface area contributed by atoms with E-state index in [4.69, 9.17) is 14.2 Å². The third-order valence-corrected chi connectivity index (χ3v) is 3.13. The Kier molecular flexibility index (Phi) is 5.14. The van der Waals surface area contributed by atoms with Gasteiger partial charge in [-0.15, -0.1) is 0 Å². The molecule has 0 saturated carbocycles. The average Bonchev–Trinajstić information content (AvgIpc) is 2.59. The molecule has 0 heterocycles. The van der Waals surface area contributed by atoms with Gasteiger partial charge in [0.2, 0.25) is 0 Å². The van der Waals surface area contributed by atoms with E-state index in [1.807, 2.05) is 0 Å². The summed E-state index contributed by atoms with van der Waals surface area (Å²) in [5.74, 6) is 0.839. The molecule has 2 aromatic carbocycles. The van der Waals surface area contributed by atoms with Gasteiger partial charge in [0.1, 0.15) is 5.75 Å². The van der Waals surface area contributed by atoms with Crippen LogP contribution in [0.3, 0.4) is 0 Å². The molecule has 0 unspecified atom stereocenters. The minimum absolute atomic E-state index is 0.141. The lowest BCUT2D eigenvalue weighted by molar-refractivity contribution is -0.385. The topological polar surface area (TPSA) is 87.9 Å². The van der Waals surface area contributed by atoms with Gasteiger partial charge in [-0.05, 0) is 30.3 Å². The Balaban J connectivity index is 2.11. The van der Waals surface area contributed by atoms with E-state index in [9.17, 15) is 14.9 Å². The Labute approximate surface area is 132 Å². The van der Waals surface area contributed by atoms with Gasteiger partial charge in [0.15, 0.2) is 23.9 Å². The van der Waals surface area contributed by atoms with E-state index in [1.54, 1.807) is 24.3 Å². The van der Waals surface area contributed by atoms with Crippen LogP contribution in [0.5, 0.6) is 17.2 Å². The Morgan fingerprint density at radius 2 is 1.74 bits per heavy atom. The fourth-order valence-corrected chi connectivity index (χ4v) is 1.90. The predicted molar refractivity (Wildman–Crippen MR) is 82.5 cm³/mol. The number of rotatable bonds is 7. The van der Waals surface area contributed by atoms with Crippen molar-refractivity contribution in [3.8, 4) is 17.2 Å². The van der Waals surface area contributed by atoms with Crippen molar-refractivity contribution in [1.29, 1.82) is 0 Å². The molecule has 0 aliphatic heterocycles. The number of carbonyl (C=O) groups excluding carboxylic acids is 1. The first kappa shape index (κ1) is 16.3. The van der Waals surface area contributed by atoms with Crippen molar-refractivity contribution in [2.45, 2.75) is 0 Å². The molecule has 0 spiro atoms. The van der Waals surface area contributed by atoms with Crippen molar-refractivity contribution < 1.29 is 23.9 Å². The van der Waals surface area contributed by atoms with Gasteiger partial charge in [0.05, 0.1) is 25.2 Å². The highest BCUT2D eigenvalue weighted by molar-refractivity contribution is 5.97. The second-order valence-corrected chi connectivity index (χ2v) is 4.53. The van der Waals surface area contributed by atoms with Crippen molar-refractivity contribution in [2.24, 2.45) is 0 Å². The molecule has 2 rings (SSSR count). The Hall–Kier alpha value is -3.09. The molecule has 23 heavy (non-hydrogen) atoms. The van der Waals surface area contributed by atoms with E-state index in [-0.39, 0.29) is 23.8 Å². The summed E-state index contributed by atoms with van der Waals surface area (Å²) in [4.78, 5) is 22.4. The van der Waals surface area contributed by atoms with E-state index in [2.05, 4.69) is 0 Å². The molecule has 120 valence electrons. The SMILES string of the molecule is COc1ccc(C(=O)COc2cc([N+](=O)[O-])ccc2OC)cc1. The largest absolute Gasteiger partial charge is 0.497 e. The Bertz CT molecular complexity index is 711. The third-order valence-electron chi connectivity index (χ3n) is 3.13. The second kappa shape index (κ2) is 7.26. The summed E-state index contributed by atoms with van der Waals surface area (Å²) >= 11 is 0. The van der Waals surface area contributed by atoms with Crippen LogP contribution in [0.1, 0.15) is 10.4 Å². The molecule has 0 bridgehead atoms. The quantitative estimate of drug-likeness (QED) is 0.443.